The van der Waals surface area contributed by atoms with Crippen molar-refractivity contribution in [1.29, 1.82) is 0 Å². The third-order valence-corrected chi connectivity index (χ3v) is 5.67. The van der Waals surface area contributed by atoms with Gasteiger partial charge in [0.1, 0.15) is 5.75 Å². The van der Waals surface area contributed by atoms with E-state index in [4.69, 9.17) is 0 Å². The van der Waals surface area contributed by atoms with Crippen molar-refractivity contribution in [1.82, 2.24) is 0 Å². The number of hydrogen-bond acceptors (Lipinski definition) is 4. The molecule has 0 N–H and O–H groups in total. The standard InChI is InChI=1S/C11H15BrO3S2/c1-8(2)4-6-17(14,15)7-10(13)11-9(12)3-5-16-11/h3,5,8H,4,6-7H2,1-2H3. The predicted octanol–water partition coefficient (Wildman–Crippen LogP) is 3.15. The van der Waals surface area contributed by atoms with E-state index >= 15 is 0 Å². The Kier molecular flexibility index (Phi) is 5.34. The van der Waals surface area contributed by atoms with Gasteiger partial charge in [0, 0.05) is 4.47 Å². The van der Waals surface area contributed by atoms with E-state index < -0.39 is 15.6 Å². The fourth-order valence-corrected chi connectivity index (χ4v) is 4.39. The monoisotopic (exact) mass is 338 g/mol. The van der Waals surface area contributed by atoms with Crippen molar-refractivity contribution in [2.24, 2.45) is 5.92 Å². The lowest BCUT2D eigenvalue weighted by Gasteiger charge is -2.05. The number of Topliss-reactive ketones (excluding diaryl/α,β-unsaturated/α-hetero) is 1. The van der Waals surface area contributed by atoms with Crippen LogP contribution in [0.5, 0.6) is 0 Å². The van der Waals surface area contributed by atoms with E-state index in [-0.39, 0.29) is 11.5 Å². The van der Waals surface area contributed by atoms with Gasteiger partial charge >= 0.3 is 0 Å². The van der Waals surface area contributed by atoms with Crippen molar-refractivity contribution in [2.75, 3.05) is 11.5 Å². The second kappa shape index (κ2) is 6.11. The lowest BCUT2D eigenvalue weighted by molar-refractivity contribution is 0.102. The summed E-state index contributed by atoms with van der Waals surface area (Å²) in [7, 11) is -3.28. The largest absolute Gasteiger partial charge is 0.292 e. The van der Waals surface area contributed by atoms with Crippen molar-refractivity contribution in [3.8, 4) is 0 Å². The number of rotatable bonds is 6. The molecule has 1 aromatic rings. The number of carbonyl (C=O) groups excluding carboxylic acids is 1. The number of thiophene rings is 1. The van der Waals surface area contributed by atoms with Crippen molar-refractivity contribution in [2.45, 2.75) is 20.3 Å². The van der Waals surface area contributed by atoms with Crippen LogP contribution in [-0.2, 0) is 9.84 Å². The molecule has 0 amide bonds. The summed E-state index contributed by atoms with van der Waals surface area (Å²) in [5.41, 5.74) is 0. The molecule has 0 saturated carbocycles. The minimum Gasteiger partial charge on any atom is -0.292 e. The fourth-order valence-electron chi connectivity index (χ4n) is 1.25. The molecule has 0 aliphatic heterocycles. The highest BCUT2D eigenvalue weighted by molar-refractivity contribution is 9.10. The third kappa shape index (κ3) is 4.89. The van der Waals surface area contributed by atoms with E-state index in [9.17, 15) is 13.2 Å². The van der Waals surface area contributed by atoms with Crippen molar-refractivity contribution in [3.63, 3.8) is 0 Å². The number of halogens is 1. The van der Waals surface area contributed by atoms with Gasteiger partial charge in [-0.25, -0.2) is 8.42 Å². The Morgan fingerprint density at radius 3 is 2.59 bits per heavy atom. The Balaban J connectivity index is 2.66. The molecule has 0 fully saturated rings. The van der Waals surface area contributed by atoms with Crippen LogP contribution < -0.4 is 0 Å². The van der Waals surface area contributed by atoms with Gasteiger partial charge < -0.3 is 0 Å². The molecule has 3 nitrogen and oxygen atoms in total. The van der Waals surface area contributed by atoms with Gasteiger partial charge in [-0.1, -0.05) is 13.8 Å². The molecule has 6 heteroatoms. The summed E-state index contributed by atoms with van der Waals surface area (Å²) < 4.78 is 24.1. The fraction of sp³-hybridized carbons (Fsp3) is 0.545. The highest BCUT2D eigenvalue weighted by atomic mass is 79.9. The van der Waals surface area contributed by atoms with E-state index in [0.717, 1.165) is 0 Å². The molecule has 0 spiro atoms. The molecule has 0 atom stereocenters. The summed E-state index contributed by atoms with van der Waals surface area (Å²) in [6.45, 7) is 3.93. The van der Waals surface area contributed by atoms with Crippen molar-refractivity contribution in [3.05, 3.63) is 20.8 Å². The maximum Gasteiger partial charge on any atom is 0.188 e. The normalized spacial score (nSPS) is 12.0. The van der Waals surface area contributed by atoms with Crippen molar-refractivity contribution < 1.29 is 13.2 Å². The lowest BCUT2D eigenvalue weighted by atomic mass is 10.2. The van der Waals surface area contributed by atoms with Crippen LogP contribution in [0.4, 0.5) is 0 Å². The molecular weight excluding hydrogens is 324 g/mol. The zero-order valence-electron chi connectivity index (χ0n) is 9.77. The Bertz CT molecular complexity index is 489. The van der Waals surface area contributed by atoms with Gasteiger partial charge in [0.2, 0.25) is 0 Å². The van der Waals surface area contributed by atoms with Gasteiger partial charge in [-0.05, 0) is 39.7 Å². The first-order valence-corrected chi connectivity index (χ1v) is 8.78. The van der Waals surface area contributed by atoms with E-state index in [2.05, 4.69) is 15.9 Å². The Hall–Kier alpha value is -0.200. The second-order valence-electron chi connectivity index (χ2n) is 4.30. The number of ketones is 1. The molecule has 1 heterocycles. The summed E-state index contributed by atoms with van der Waals surface area (Å²) in [6, 6.07) is 1.75. The molecule has 0 aliphatic rings. The molecule has 1 rings (SSSR count). The van der Waals surface area contributed by atoms with Gasteiger partial charge in [0.15, 0.2) is 15.6 Å². The van der Waals surface area contributed by atoms with Crippen LogP contribution in [0.25, 0.3) is 0 Å². The molecule has 1 aromatic heterocycles. The van der Waals surface area contributed by atoms with Gasteiger partial charge in [0.05, 0.1) is 10.6 Å². The second-order valence-corrected chi connectivity index (χ2v) is 8.25. The van der Waals surface area contributed by atoms with Crippen LogP contribution in [-0.4, -0.2) is 25.7 Å². The zero-order chi connectivity index (χ0) is 13.1. The molecular formula is C11H15BrO3S2. The zero-order valence-corrected chi connectivity index (χ0v) is 13.0. The maximum atomic E-state index is 11.8. The van der Waals surface area contributed by atoms with E-state index in [1.54, 1.807) is 11.4 Å². The van der Waals surface area contributed by atoms with Gasteiger partial charge in [-0.3, -0.25) is 4.79 Å². The first-order chi connectivity index (χ1) is 7.82. The summed E-state index contributed by atoms with van der Waals surface area (Å²) in [5, 5.41) is 1.76. The van der Waals surface area contributed by atoms with E-state index in [1.807, 2.05) is 13.8 Å². The smallest absolute Gasteiger partial charge is 0.188 e. The van der Waals surface area contributed by atoms with Crippen LogP contribution in [0, 0.1) is 5.92 Å². The van der Waals surface area contributed by atoms with Crippen LogP contribution in [0.1, 0.15) is 29.9 Å². The average Bonchev–Trinajstić information content (AvgIpc) is 2.61. The molecule has 0 bridgehead atoms. The quantitative estimate of drug-likeness (QED) is 0.748. The SMILES string of the molecule is CC(C)CCS(=O)(=O)CC(=O)c1sccc1Br. The molecule has 0 unspecified atom stereocenters. The van der Waals surface area contributed by atoms with Gasteiger partial charge in [-0.15, -0.1) is 11.3 Å². The van der Waals surface area contributed by atoms with E-state index in [1.165, 1.54) is 11.3 Å². The Morgan fingerprint density at radius 2 is 2.12 bits per heavy atom. The molecule has 0 aliphatic carbocycles. The molecule has 0 aromatic carbocycles. The summed E-state index contributed by atoms with van der Waals surface area (Å²) in [4.78, 5) is 12.3. The van der Waals surface area contributed by atoms with E-state index in [0.29, 0.717) is 21.7 Å². The number of sulfone groups is 1. The predicted molar refractivity (Wildman–Crippen MR) is 74.5 cm³/mol. The van der Waals surface area contributed by atoms with Crippen LogP contribution in [0.2, 0.25) is 0 Å². The highest BCUT2D eigenvalue weighted by Crippen LogP contribution is 2.23. The number of hydrogen-bond donors (Lipinski definition) is 0. The van der Waals surface area contributed by atoms with Crippen LogP contribution >= 0.6 is 27.3 Å². The minimum atomic E-state index is -3.28. The highest BCUT2D eigenvalue weighted by Gasteiger charge is 2.20. The Labute approximate surface area is 114 Å². The molecule has 96 valence electrons. The van der Waals surface area contributed by atoms with Gasteiger partial charge in [-0.2, -0.15) is 0 Å². The van der Waals surface area contributed by atoms with Crippen LogP contribution in [0.3, 0.4) is 0 Å². The maximum absolute atomic E-state index is 11.8. The minimum absolute atomic E-state index is 0.0827. The lowest BCUT2D eigenvalue weighted by Crippen LogP contribution is -2.19. The Morgan fingerprint density at radius 1 is 1.47 bits per heavy atom. The first kappa shape index (κ1) is 14.9. The molecule has 0 saturated heterocycles. The van der Waals surface area contributed by atoms with Crippen LogP contribution in [0.15, 0.2) is 15.9 Å². The molecule has 17 heavy (non-hydrogen) atoms. The summed E-state index contributed by atoms with van der Waals surface area (Å²) in [6.07, 6.45) is 0.598. The summed E-state index contributed by atoms with van der Waals surface area (Å²) in [5.74, 6) is -0.304. The first-order valence-electron chi connectivity index (χ1n) is 5.28. The van der Waals surface area contributed by atoms with Crippen molar-refractivity contribution >= 4 is 42.9 Å². The topological polar surface area (TPSA) is 51.2 Å². The van der Waals surface area contributed by atoms with Gasteiger partial charge in [0.25, 0.3) is 0 Å². The average molecular weight is 339 g/mol. The molecule has 0 radical (unpaired) electrons. The number of carbonyl (C=O) groups is 1. The third-order valence-electron chi connectivity index (χ3n) is 2.23. The summed E-state index contributed by atoms with van der Waals surface area (Å²) >= 11 is 4.49.